The largest absolute Gasteiger partial charge is 0.495 e. The standard InChI is InChI=1S/C28H31ClF2N4O6/c1-28(2,3)41-10-9-21(27(38)34-17-6-7-20(26(32)37)33-13-17)35-14-23(39-4)19(12-25(35)36)18-11-16(29)5-8-22(18)40-15-24(30)31/h5-8,11-14,21,24H,9-10,15H2,1-4H3,(H2,32,37)(H,34,38). The predicted molar refractivity (Wildman–Crippen MR) is 150 cm³/mol. The van der Waals surface area contributed by atoms with Crippen molar-refractivity contribution in [1.82, 2.24) is 9.55 Å². The molecular formula is C28H31ClF2N4O6. The van der Waals surface area contributed by atoms with Crippen LogP contribution in [0.2, 0.25) is 5.02 Å². The second-order valence-electron chi connectivity index (χ2n) is 9.89. The van der Waals surface area contributed by atoms with E-state index < -0.39 is 42.0 Å². The topological polar surface area (TPSA) is 135 Å². The third kappa shape index (κ3) is 8.73. The van der Waals surface area contributed by atoms with Crippen molar-refractivity contribution in [3.8, 4) is 22.6 Å². The van der Waals surface area contributed by atoms with Gasteiger partial charge in [0, 0.05) is 35.2 Å². The van der Waals surface area contributed by atoms with Crippen LogP contribution in [0.25, 0.3) is 11.1 Å². The van der Waals surface area contributed by atoms with Crippen LogP contribution in [0.4, 0.5) is 14.5 Å². The number of aromatic nitrogens is 2. The summed E-state index contributed by atoms with van der Waals surface area (Å²) in [6, 6.07) is 7.33. The number of rotatable bonds is 12. The van der Waals surface area contributed by atoms with Crippen molar-refractivity contribution in [3.63, 3.8) is 0 Å². The van der Waals surface area contributed by atoms with E-state index in [9.17, 15) is 23.2 Å². The molecule has 3 rings (SSSR count). The van der Waals surface area contributed by atoms with Crippen molar-refractivity contribution in [2.45, 2.75) is 45.3 Å². The minimum atomic E-state index is -2.72. The van der Waals surface area contributed by atoms with E-state index in [1.165, 1.54) is 60.5 Å². The smallest absolute Gasteiger partial charge is 0.272 e. The van der Waals surface area contributed by atoms with Gasteiger partial charge in [-0.3, -0.25) is 19.0 Å². The number of alkyl halides is 2. The first-order valence-corrected chi connectivity index (χ1v) is 12.9. The highest BCUT2D eigenvalue weighted by molar-refractivity contribution is 6.31. The maximum Gasteiger partial charge on any atom is 0.272 e. The van der Waals surface area contributed by atoms with E-state index in [0.29, 0.717) is 0 Å². The number of carbonyl (C=O) groups excluding carboxylic acids is 2. The van der Waals surface area contributed by atoms with Crippen LogP contribution in [-0.4, -0.2) is 53.7 Å². The first kappa shape index (κ1) is 31.5. The number of nitrogens with zero attached hydrogens (tertiary/aromatic N) is 2. The van der Waals surface area contributed by atoms with Gasteiger partial charge in [0.1, 0.15) is 29.8 Å². The molecule has 0 aliphatic heterocycles. The number of hydrogen-bond acceptors (Lipinski definition) is 7. The van der Waals surface area contributed by atoms with Gasteiger partial charge in [0.25, 0.3) is 17.9 Å². The molecule has 0 aliphatic rings. The molecule has 3 aromatic rings. The number of halogens is 3. The minimum Gasteiger partial charge on any atom is -0.495 e. The lowest BCUT2D eigenvalue weighted by Gasteiger charge is -2.24. The zero-order valence-electron chi connectivity index (χ0n) is 22.9. The van der Waals surface area contributed by atoms with E-state index >= 15 is 0 Å². The van der Waals surface area contributed by atoms with Crippen molar-refractivity contribution in [3.05, 3.63) is 69.9 Å². The van der Waals surface area contributed by atoms with Crippen LogP contribution in [0.1, 0.15) is 43.7 Å². The average Bonchev–Trinajstić information content (AvgIpc) is 2.90. The number of hydrogen-bond donors (Lipinski definition) is 2. The second-order valence-corrected chi connectivity index (χ2v) is 10.3. The molecule has 0 radical (unpaired) electrons. The van der Waals surface area contributed by atoms with Crippen LogP contribution < -0.4 is 26.1 Å². The highest BCUT2D eigenvalue weighted by atomic mass is 35.5. The number of pyridine rings is 2. The van der Waals surface area contributed by atoms with Crippen LogP contribution in [0.15, 0.2) is 53.6 Å². The van der Waals surface area contributed by atoms with E-state index in [1.807, 2.05) is 20.8 Å². The number of nitrogens with two attached hydrogens (primary N) is 1. The van der Waals surface area contributed by atoms with Crippen molar-refractivity contribution in [2.24, 2.45) is 5.73 Å². The molecule has 0 saturated heterocycles. The molecule has 2 heterocycles. The molecule has 1 aromatic carbocycles. The number of amides is 2. The zero-order valence-corrected chi connectivity index (χ0v) is 23.7. The molecule has 41 heavy (non-hydrogen) atoms. The van der Waals surface area contributed by atoms with Crippen molar-refractivity contribution in [2.75, 3.05) is 25.6 Å². The lowest BCUT2D eigenvalue weighted by atomic mass is 10.0. The predicted octanol–water partition coefficient (Wildman–Crippen LogP) is 4.70. The Morgan fingerprint density at radius 2 is 1.83 bits per heavy atom. The fourth-order valence-corrected chi connectivity index (χ4v) is 4.02. The van der Waals surface area contributed by atoms with Gasteiger partial charge in [0.2, 0.25) is 5.91 Å². The summed E-state index contributed by atoms with van der Waals surface area (Å²) in [5.74, 6) is -1.04. The highest BCUT2D eigenvalue weighted by Gasteiger charge is 2.26. The van der Waals surface area contributed by atoms with Crippen LogP contribution in [0.5, 0.6) is 11.5 Å². The van der Waals surface area contributed by atoms with Gasteiger partial charge < -0.3 is 25.3 Å². The molecule has 0 saturated carbocycles. The number of benzene rings is 1. The van der Waals surface area contributed by atoms with Gasteiger partial charge in [0.15, 0.2) is 0 Å². The van der Waals surface area contributed by atoms with E-state index in [-0.39, 0.29) is 52.1 Å². The molecular weight excluding hydrogens is 562 g/mol. The summed E-state index contributed by atoms with van der Waals surface area (Å²) in [6.07, 6.45) is 0.0154. The molecule has 0 bridgehead atoms. The summed E-state index contributed by atoms with van der Waals surface area (Å²) in [4.78, 5) is 42.1. The zero-order chi connectivity index (χ0) is 30.3. The summed E-state index contributed by atoms with van der Waals surface area (Å²) in [7, 11) is 1.36. The van der Waals surface area contributed by atoms with E-state index in [4.69, 9.17) is 31.5 Å². The van der Waals surface area contributed by atoms with Crippen LogP contribution in [0, 0.1) is 0 Å². The SMILES string of the molecule is COc1cn(C(CCOC(C)(C)C)C(=O)Nc2ccc(C(N)=O)nc2)c(=O)cc1-c1cc(Cl)ccc1OCC(F)F. The third-order valence-corrected chi connectivity index (χ3v) is 5.94. The Balaban J connectivity index is 2.03. The summed E-state index contributed by atoms with van der Waals surface area (Å²) < 4.78 is 43.5. The van der Waals surface area contributed by atoms with Gasteiger partial charge in [0.05, 0.1) is 30.8 Å². The van der Waals surface area contributed by atoms with Crippen LogP contribution in [-0.2, 0) is 9.53 Å². The van der Waals surface area contributed by atoms with Crippen LogP contribution in [0.3, 0.4) is 0 Å². The molecule has 0 aliphatic carbocycles. The Morgan fingerprint density at radius 3 is 2.41 bits per heavy atom. The second kappa shape index (κ2) is 13.6. The third-order valence-electron chi connectivity index (χ3n) is 5.71. The highest BCUT2D eigenvalue weighted by Crippen LogP contribution is 2.38. The average molecular weight is 593 g/mol. The number of ether oxygens (including phenoxy) is 3. The molecule has 2 aromatic heterocycles. The first-order chi connectivity index (χ1) is 19.3. The summed E-state index contributed by atoms with van der Waals surface area (Å²) in [5, 5.41) is 2.97. The summed E-state index contributed by atoms with van der Waals surface area (Å²) in [5.41, 5.74) is 4.93. The molecule has 13 heteroatoms. The van der Waals surface area contributed by atoms with E-state index in [1.54, 1.807) is 0 Å². The number of carbonyl (C=O) groups is 2. The fraction of sp³-hybridized carbons (Fsp3) is 0.357. The molecule has 1 atom stereocenters. The maximum absolute atomic E-state index is 13.5. The lowest BCUT2D eigenvalue weighted by molar-refractivity contribution is -0.120. The van der Waals surface area contributed by atoms with Crippen molar-refractivity contribution < 1.29 is 32.6 Å². The van der Waals surface area contributed by atoms with Gasteiger partial charge in [-0.2, -0.15) is 0 Å². The fourth-order valence-electron chi connectivity index (χ4n) is 3.85. The quantitative estimate of drug-likeness (QED) is 0.311. The lowest BCUT2D eigenvalue weighted by Crippen LogP contribution is -2.34. The first-order valence-electron chi connectivity index (χ1n) is 12.5. The number of primary amides is 1. The molecule has 220 valence electrons. The Labute approximate surface area is 240 Å². The van der Waals surface area contributed by atoms with Gasteiger partial charge in [-0.15, -0.1) is 0 Å². The van der Waals surface area contributed by atoms with Crippen molar-refractivity contribution >= 4 is 29.1 Å². The Morgan fingerprint density at radius 1 is 1.12 bits per heavy atom. The van der Waals surface area contributed by atoms with Gasteiger partial charge >= 0.3 is 0 Å². The number of nitrogens with one attached hydrogen (secondary N) is 1. The molecule has 1 unspecified atom stereocenters. The van der Waals surface area contributed by atoms with Gasteiger partial charge in [-0.25, -0.2) is 13.8 Å². The molecule has 0 fully saturated rings. The monoisotopic (exact) mass is 592 g/mol. The van der Waals surface area contributed by atoms with Gasteiger partial charge in [-0.05, 0) is 51.1 Å². The molecule has 3 N–H and O–H groups in total. The molecule has 2 amide bonds. The molecule has 0 spiro atoms. The maximum atomic E-state index is 13.5. The van der Waals surface area contributed by atoms with Crippen molar-refractivity contribution in [1.29, 1.82) is 0 Å². The van der Waals surface area contributed by atoms with Gasteiger partial charge in [-0.1, -0.05) is 11.6 Å². The normalized spacial score (nSPS) is 12.2. The molecule has 10 nitrogen and oxygen atoms in total. The Hall–Kier alpha value is -4.03. The van der Waals surface area contributed by atoms with Crippen LogP contribution >= 0.6 is 11.6 Å². The number of anilines is 1. The Bertz CT molecular complexity index is 1440. The summed E-state index contributed by atoms with van der Waals surface area (Å²) >= 11 is 6.16. The minimum absolute atomic E-state index is 0.0209. The summed E-state index contributed by atoms with van der Waals surface area (Å²) in [6.45, 7) is 4.85. The number of methoxy groups -OCH3 is 1. The Kier molecular flexibility index (Phi) is 10.4. The van der Waals surface area contributed by atoms with E-state index in [2.05, 4.69) is 10.3 Å². The van der Waals surface area contributed by atoms with E-state index in [0.717, 1.165) is 0 Å².